The number of imidazole rings is 2. The molecule has 2 aliphatic rings. The lowest BCUT2D eigenvalue weighted by molar-refractivity contribution is 0.590. The van der Waals surface area contributed by atoms with E-state index in [1.54, 1.807) is 0 Å². The van der Waals surface area contributed by atoms with Crippen molar-refractivity contribution in [2.75, 3.05) is 4.90 Å². The van der Waals surface area contributed by atoms with Gasteiger partial charge in [0.1, 0.15) is 11.9 Å². The highest BCUT2D eigenvalue weighted by Crippen LogP contribution is 2.55. The number of hydrogen-bond donors (Lipinski definition) is 0. The zero-order valence-electron chi connectivity index (χ0n) is 54.9. The molecular formula is C90H67N7. The quantitative estimate of drug-likeness (QED) is 0.145. The van der Waals surface area contributed by atoms with Gasteiger partial charge in [0.15, 0.2) is 0 Å². The van der Waals surface area contributed by atoms with E-state index in [4.69, 9.17) is 9.98 Å². The van der Waals surface area contributed by atoms with Crippen LogP contribution in [0.1, 0.15) is 75.3 Å². The second kappa shape index (κ2) is 22.0. The Labute approximate surface area is 564 Å². The first kappa shape index (κ1) is 57.5. The largest absolute Gasteiger partial charge is 0.309 e. The Bertz CT molecular complexity index is 5860. The number of amidine groups is 1. The number of nitriles is 1. The van der Waals surface area contributed by atoms with Crippen molar-refractivity contribution in [2.24, 2.45) is 4.99 Å². The van der Waals surface area contributed by atoms with Gasteiger partial charge in [-0.3, -0.25) is 13.9 Å². The van der Waals surface area contributed by atoms with Crippen molar-refractivity contribution in [3.63, 3.8) is 0 Å². The number of aliphatic imine (C=N–C) groups is 1. The second-order valence-electron chi connectivity index (χ2n) is 28.1. The molecule has 13 aromatic carbocycles. The summed E-state index contributed by atoms with van der Waals surface area (Å²) >= 11 is 0. The zero-order valence-corrected chi connectivity index (χ0v) is 54.9. The number of benzene rings is 13. The van der Waals surface area contributed by atoms with E-state index >= 15 is 0 Å². The van der Waals surface area contributed by atoms with Gasteiger partial charge >= 0.3 is 0 Å². The molecule has 0 bridgehead atoms. The summed E-state index contributed by atoms with van der Waals surface area (Å²) in [5.74, 6) is 1.67. The number of aromatic nitrogens is 4. The van der Waals surface area contributed by atoms with Gasteiger partial charge in [0.05, 0.1) is 61.6 Å². The molecule has 16 aromatic rings. The van der Waals surface area contributed by atoms with Gasteiger partial charge in [0, 0.05) is 33.3 Å². The molecule has 0 N–H and O–H groups in total. The SMILES string of the molecule is CC(C)(C)c1ccc2c(c1)c1cc(C(C)(C)C)ccc1n2-c1cc(-c2ccccc2)c(-c2ccc3c(c2)C2C(=N3)N(c3ccccc3)c3ccc(-c4ccccc4)cc32)c(C#N)c1-c1ccc(-c2ccc3nc4n(-c5ccccc5)c5ccc(-c6ccccc6)cc5n4c3c2)cc1. The maximum absolute atomic E-state index is 12.5. The fourth-order valence-electron chi connectivity index (χ4n) is 15.3. The van der Waals surface area contributed by atoms with Crippen LogP contribution < -0.4 is 4.90 Å². The number of hydrogen-bond acceptors (Lipinski definition) is 4. The average Bonchev–Trinajstić information content (AvgIpc) is 1.63. The maximum Gasteiger partial charge on any atom is 0.220 e. The fourth-order valence-corrected chi connectivity index (χ4v) is 15.3. The molecule has 0 aliphatic carbocycles. The van der Waals surface area contributed by atoms with Crippen LogP contribution in [0.2, 0.25) is 0 Å². The summed E-state index contributed by atoms with van der Waals surface area (Å²) in [4.78, 5) is 13.2. The summed E-state index contributed by atoms with van der Waals surface area (Å²) in [5.41, 5.74) is 28.9. The number of para-hydroxylation sites is 2. The molecule has 0 saturated heterocycles. The lowest BCUT2D eigenvalue weighted by Gasteiger charge is -2.23. The molecule has 2 aliphatic heterocycles. The topological polar surface area (TPSA) is 66.5 Å². The van der Waals surface area contributed by atoms with Crippen LogP contribution in [-0.4, -0.2) is 24.4 Å². The monoisotopic (exact) mass is 1250 g/mol. The minimum Gasteiger partial charge on any atom is -0.309 e. The normalized spacial score (nSPS) is 13.6. The molecule has 1 atom stereocenters. The Kier molecular flexibility index (Phi) is 13.0. The number of fused-ring (bicyclic) bond motifs is 13. The van der Waals surface area contributed by atoms with E-state index in [1.165, 1.54) is 27.5 Å². The summed E-state index contributed by atoms with van der Waals surface area (Å²) in [5, 5.41) is 14.9. The third-order valence-electron chi connectivity index (χ3n) is 20.2. The molecule has 97 heavy (non-hydrogen) atoms. The highest BCUT2D eigenvalue weighted by atomic mass is 15.2. The standard InChI is InChI=1S/C90H67N7/c1-89(2,3)65-40-46-77-70(52-65)71-53-66(90(4,5)6)41-47-78(71)96(77)83-54-69(59-26-16-9-17-27-59)84(64-37-42-75-72(49-64)86-73-48-61(56-22-12-7-13-23-56)38-44-79(73)94(87(86)92-75)67-28-18-10-19-29-67)74(55-91)85(83)60-34-32-58(33-35-60)62-36-43-76-81(50-62)97-82-51-63(57-24-14-8-15-25-57)39-45-80(82)95(88(97)93-76)68-30-20-11-21-31-68/h7-54,86H,1-6H3. The molecule has 0 radical (unpaired) electrons. The second-order valence-corrected chi connectivity index (χ2v) is 28.1. The van der Waals surface area contributed by atoms with E-state index in [9.17, 15) is 5.26 Å². The van der Waals surface area contributed by atoms with Crippen LogP contribution in [0, 0.1) is 11.3 Å². The summed E-state index contributed by atoms with van der Waals surface area (Å²) in [6, 6.07) is 108. The van der Waals surface area contributed by atoms with Crippen LogP contribution in [0.3, 0.4) is 0 Å². The Morgan fingerprint density at radius 2 is 0.866 bits per heavy atom. The molecule has 0 fully saturated rings. The van der Waals surface area contributed by atoms with E-state index in [-0.39, 0.29) is 16.7 Å². The molecule has 0 saturated carbocycles. The van der Waals surface area contributed by atoms with Gasteiger partial charge in [-0.1, -0.05) is 230 Å². The Morgan fingerprint density at radius 1 is 0.371 bits per heavy atom. The van der Waals surface area contributed by atoms with Crippen LogP contribution in [0.5, 0.6) is 0 Å². The average molecular weight is 1250 g/mol. The zero-order chi connectivity index (χ0) is 65.4. The molecule has 7 heteroatoms. The van der Waals surface area contributed by atoms with E-state index in [0.29, 0.717) is 5.56 Å². The van der Waals surface area contributed by atoms with Gasteiger partial charge in [-0.2, -0.15) is 5.26 Å². The summed E-state index contributed by atoms with van der Waals surface area (Å²) in [6.45, 7) is 13.7. The van der Waals surface area contributed by atoms with Crippen molar-refractivity contribution in [3.8, 4) is 84.2 Å². The summed E-state index contributed by atoms with van der Waals surface area (Å²) in [7, 11) is 0. The number of anilines is 2. The first-order valence-electron chi connectivity index (χ1n) is 33.5. The van der Waals surface area contributed by atoms with E-state index in [1.807, 2.05) is 0 Å². The van der Waals surface area contributed by atoms with Crippen molar-refractivity contribution in [1.29, 1.82) is 5.26 Å². The Hall–Kier alpha value is -12.1. The van der Waals surface area contributed by atoms with Crippen LogP contribution in [0.4, 0.5) is 17.1 Å². The Morgan fingerprint density at radius 3 is 1.47 bits per heavy atom. The predicted octanol–water partition coefficient (Wildman–Crippen LogP) is 23.3. The lowest BCUT2D eigenvalue weighted by Crippen LogP contribution is -2.22. The maximum atomic E-state index is 12.5. The van der Waals surface area contributed by atoms with Crippen LogP contribution >= 0.6 is 0 Å². The molecule has 7 nitrogen and oxygen atoms in total. The van der Waals surface area contributed by atoms with E-state index < -0.39 is 0 Å². The van der Waals surface area contributed by atoms with Crippen molar-refractivity contribution >= 4 is 72.5 Å². The molecule has 0 amide bonds. The van der Waals surface area contributed by atoms with Gasteiger partial charge in [0.2, 0.25) is 5.78 Å². The first-order chi connectivity index (χ1) is 47.3. The number of rotatable bonds is 9. The van der Waals surface area contributed by atoms with E-state index in [0.717, 1.165) is 145 Å². The third kappa shape index (κ3) is 9.30. The van der Waals surface area contributed by atoms with Gasteiger partial charge in [-0.05, 0) is 192 Å². The van der Waals surface area contributed by atoms with Gasteiger partial charge in [-0.15, -0.1) is 0 Å². The van der Waals surface area contributed by atoms with Crippen molar-refractivity contribution < 1.29 is 0 Å². The minimum absolute atomic E-state index is 0.0962. The minimum atomic E-state index is -0.161. The van der Waals surface area contributed by atoms with Crippen LogP contribution in [0.25, 0.3) is 128 Å². The fraction of sp³-hybridized carbons (Fsp3) is 0.100. The van der Waals surface area contributed by atoms with E-state index in [2.05, 4.69) is 357 Å². The summed E-state index contributed by atoms with van der Waals surface area (Å²) < 4.78 is 7.04. The predicted molar refractivity (Wildman–Crippen MR) is 403 cm³/mol. The highest BCUT2D eigenvalue weighted by Gasteiger charge is 2.42. The molecule has 3 aromatic heterocycles. The third-order valence-corrected chi connectivity index (χ3v) is 20.2. The van der Waals surface area contributed by atoms with Gasteiger partial charge < -0.3 is 4.57 Å². The van der Waals surface area contributed by atoms with Crippen LogP contribution in [-0.2, 0) is 10.8 Å². The first-order valence-corrected chi connectivity index (χ1v) is 33.5. The van der Waals surface area contributed by atoms with Crippen molar-refractivity contribution in [2.45, 2.75) is 58.3 Å². The van der Waals surface area contributed by atoms with Gasteiger partial charge in [-0.25, -0.2) is 9.98 Å². The summed E-state index contributed by atoms with van der Waals surface area (Å²) in [6.07, 6.45) is 0. The van der Waals surface area contributed by atoms with Crippen molar-refractivity contribution in [3.05, 3.63) is 319 Å². The van der Waals surface area contributed by atoms with Crippen LogP contribution in [0.15, 0.2) is 296 Å². The van der Waals surface area contributed by atoms with Crippen molar-refractivity contribution in [1.82, 2.24) is 18.5 Å². The number of nitrogens with zero attached hydrogens (tertiary/aromatic N) is 7. The molecule has 18 rings (SSSR count). The highest BCUT2D eigenvalue weighted by molar-refractivity contribution is 6.19. The molecule has 462 valence electrons. The molecule has 1 unspecified atom stereocenters. The molecule has 0 spiro atoms. The smallest absolute Gasteiger partial charge is 0.220 e. The Balaban J connectivity index is 0.863. The molecular weight excluding hydrogens is 1180 g/mol. The van der Waals surface area contributed by atoms with Gasteiger partial charge in [0.25, 0.3) is 0 Å². The molecule has 5 heterocycles. The lowest BCUT2D eigenvalue weighted by atomic mass is 9.83.